The molecule has 0 atom stereocenters. The fourth-order valence-corrected chi connectivity index (χ4v) is 7.64. The molecular formula is C27H41N3O4S. The second-order valence-corrected chi connectivity index (χ2v) is 13.4. The molecule has 0 unspecified atom stereocenters. The van der Waals surface area contributed by atoms with E-state index >= 15 is 0 Å². The average molecular weight is 504 g/mol. The van der Waals surface area contributed by atoms with E-state index in [1.54, 1.807) is 24.3 Å². The minimum Gasteiger partial charge on any atom is -0.349 e. The second kappa shape index (κ2) is 10.8. The maximum absolute atomic E-state index is 13.5. The molecule has 1 saturated heterocycles. The molecule has 8 heteroatoms. The van der Waals surface area contributed by atoms with Crippen LogP contribution in [0.5, 0.6) is 0 Å². The van der Waals surface area contributed by atoms with Gasteiger partial charge in [0, 0.05) is 31.2 Å². The van der Waals surface area contributed by atoms with E-state index in [2.05, 4.69) is 17.2 Å². The molecule has 2 N–H and O–H groups in total. The van der Waals surface area contributed by atoms with E-state index in [1.807, 2.05) is 27.7 Å². The Labute approximate surface area is 210 Å². The highest BCUT2D eigenvalue weighted by Crippen LogP contribution is 2.42. The van der Waals surface area contributed by atoms with E-state index in [0.717, 1.165) is 6.42 Å². The molecule has 2 amide bonds. The largest absolute Gasteiger partial charge is 0.349 e. The van der Waals surface area contributed by atoms with Crippen LogP contribution in [-0.4, -0.2) is 43.7 Å². The van der Waals surface area contributed by atoms with Crippen molar-refractivity contribution in [1.82, 2.24) is 9.62 Å². The molecule has 0 spiro atoms. The van der Waals surface area contributed by atoms with Crippen molar-refractivity contribution < 1.29 is 18.0 Å². The van der Waals surface area contributed by atoms with E-state index < -0.39 is 20.9 Å². The fourth-order valence-electron chi connectivity index (χ4n) is 5.86. The highest BCUT2D eigenvalue weighted by Gasteiger charge is 2.50. The molecule has 3 rings (SSSR count). The lowest BCUT2D eigenvalue weighted by atomic mass is 9.67. The van der Waals surface area contributed by atoms with Crippen LogP contribution in [0.2, 0.25) is 0 Å². The Morgan fingerprint density at radius 1 is 1.03 bits per heavy atom. The summed E-state index contributed by atoms with van der Waals surface area (Å²) in [5.41, 5.74) is -0.372. The second-order valence-electron chi connectivity index (χ2n) is 11.5. The minimum atomic E-state index is -3.74. The molecule has 35 heavy (non-hydrogen) atoms. The quantitative estimate of drug-likeness (QED) is 0.502. The van der Waals surface area contributed by atoms with Crippen LogP contribution in [0.3, 0.4) is 0 Å². The van der Waals surface area contributed by atoms with Crippen molar-refractivity contribution in [2.75, 3.05) is 18.4 Å². The molecule has 2 aliphatic rings. The van der Waals surface area contributed by atoms with E-state index in [4.69, 9.17) is 0 Å². The van der Waals surface area contributed by atoms with Gasteiger partial charge < -0.3 is 10.6 Å². The molecule has 0 aromatic heterocycles. The lowest BCUT2D eigenvalue weighted by Crippen LogP contribution is -2.64. The molecule has 1 heterocycles. The predicted molar refractivity (Wildman–Crippen MR) is 139 cm³/mol. The Kier molecular flexibility index (Phi) is 8.48. The zero-order valence-electron chi connectivity index (χ0n) is 21.6. The zero-order valence-corrected chi connectivity index (χ0v) is 22.4. The molecule has 1 aromatic rings. The number of amides is 2. The Morgan fingerprint density at radius 3 is 2.14 bits per heavy atom. The van der Waals surface area contributed by atoms with E-state index in [9.17, 15) is 18.0 Å². The van der Waals surface area contributed by atoms with Gasteiger partial charge in [-0.25, -0.2) is 8.42 Å². The number of hydrogen-bond donors (Lipinski definition) is 2. The van der Waals surface area contributed by atoms with Gasteiger partial charge in [-0.05, 0) is 53.5 Å². The van der Waals surface area contributed by atoms with Gasteiger partial charge in [-0.3, -0.25) is 9.59 Å². The first-order valence-electron chi connectivity index (χ1n) is 12.7. The third kappa shape index (κ3) is 6.73. The minimum absolute atomic E-state index is 0.0293. The lowest BCUT2D eigenvalue weighted by molar-refractivity contribution is -0.120. The van der Waals surface area contributed by atoms with Crippen molar-refractivity contribution in [3.63, 3.8) is 0 Å². The predicted octanol–water partition coefficient (Wildman–Crippen LogP) is 4.71. The van der Waals surface area contributed by atoms with Crippen molar-refractivity contribution in [3.8, 4) is 0 Å². The van der Waals surface area contributed by atoms with Crippen molar-refractivity contribution in [3.05, 3.63) is 36.9 Å². The van der Waals surface area contributed by atoms with Crippen molar-refractivity contribution in [2.45, 2.75) is 83.6 Å². The van der Waals surface area contributed by atoms with Crippen LogP contribution in [0.4, 0.5) is 5.69 Å². The van der Waals surface area contributed by atoms with Crippen LogP contribution in [0.15, 0.2) is 41.8 Å². The number of nitrogens with one attached hydrogen (secondary N) is 2. The Morgan fingerprint density at radius 2 is 1.60 bits per heavy atom. The summed E-state index contributed by atoms with van der Waals surface area (Å²) >= 11 is 0. The number of benzene rings is 1. The first-order valence-corrected chi connectivity index (χ1v) is 14.1. The highest BCUT2D eigenvalue weighted by molar-refractivity contribution is 7.89. The highest BCUT2D eigenvalue weighted by atomic mass is 32.2. The monoisotopic (exact) mass is 503 g/mol. The van der Waals surface area contributed by atoms with E-state index in [0.29, 0.717) is 18.0 Å². The van der Waals surface area contributed by atoms with Crippen LogP contribution in [0, 0.1) is 16.7 Å². The lowest BCUT2D eigenvalue weighted by Gasteiger charge is -2.52. The van der Waals surface area contributed by atoms with Crippen molar-refractivity contribution in [1.29, 1.82) is 0 Å². The Balaban J connectivity index is 1.65. The molecule has 194 valence electrons. The number of hydrogen-bond acceptors (Lipinski definition) is 4. The summed E-state index contributed by atoms with van der Waals surface area (Å²) in [6.07, 6.45) is 8.90. The maximum Gasteiger partial charge on any atom is 0.243 e. The topological polar surface area (TPSA) is 95.6 Å². The van der Waals surface area contributed by atoms with Gasteiger partial charge in [-0.15, -0.1) is 0 Å². The van der Waals surface area contributed by atoms with Crippen molar-refractivity contribution >= 4 is 27.5 Å². The third-order valence-electron chi connectivity index (χ3n) is 7.48. The molecule has 0 radical (unpaired) electrons. The number of nitrogens with zero attached hydrogens (tertiary/aromatic N) is 1. The molecule has 1 aliphatic heterocycles. The first kappa shape index (κ1) is 27.4. The summed E-state index contributed by atoms with van der Waals surface area (Å²) in [5, 5.41) is 5.90. The smallest absolute Gasteiger partial charge is 0.243 e. The van der Waals surface area contributed by atoms with Crippen LogP contribution >= 0.6 is 0 Å². The van der Waals surface area contributed by atoms with Crippen LogP contribution < -0.4 is 10.6 Å². The number of sulfonamides is 1. The molecule has 1 aromatic carbocycles. The standard InChI is InChI=1S/C27H41N3O4S/c1-6-23(31)29-25-26(2,3)18-30(19-27(25,4)5)35(33,34)22-15-13-21(14-16-22)28-24(32)17-12-20-10-8-7-9-11-20/h6,13-16,20,25H,1,7-12,17-19H2,2-5H3,(H,28,32)(H,29,31). The molecule has 1 aliphatic carbocycles. The summed E-state index contributed by atoms with van der Waals surface area (Å²) < 4.78 is 28.5. The molecule has 7 nitrogen and oxygen atoms in total. The van der Waals surface area contributed by atoms with Crippen molar-refractivity contribution in [2.24, 2.45) is 16.7 Å². The summed E-state index contributed by atoms with van der Waals surface area (Å²) in [4.78, 5) is 24.6. The maximum atomic E-state index is 13.5. The molecule has 0 bridgehead atoms. The molecular weight excluding hydrogens is 462 g/mol. The first-order chi connectivity index (χ1) is 16.3. The number of carbonyl (C=O) groups is 2. The SMILES string of the molecule is C=CC(=O)NC1C(C)(C)CN(S(=O)(=O)c2ccc(NC(=O)CCC3CCCCC3)cc2)CC1(C)C. The van der Waals surface area contributed by atoms with Gasteiger partial charge in [-0.1, -0.05) is 66.4 Å². The van der Waals surface area contributed by atoms with Crippen LogP contribution in [-0.2, 0) is 19.6 Å². The van der Waals surface area contributed by atoms with Gasteiger partial charge in [0.05, 0.1) is 4.90 Å². The van der Waals surface area contributed by atoms with Gasteiger partial charge >= 0.3 is 0 Å². The summed E-state index contributed by atoms with van der Waals surface area (Å²) in [7, 11) is -3.74. The Bertz CT molecular complexity index is 1010. The zero-order chi connectivity index (χ0) is 25.9. The van der Waals surface area contributed by atoms with Gasteiger partial charge in [-0.2, -0.15) is 4.31 Å². The Hall–Kier alpha value is -2.19. The fraction of sp³-hybridized carbons (Fsp3) is 0.630. The average Bonchev–Trinajstić information content (AvgIpc) is 2.80. The number of piperidine rings is 1. The summed E-state index contributed by atoms with van der Waals surface area (Å²) in [5.74, 6) is 0.354. The molecule has 1 saturated carbocycles. The summed E-state index contributed by atoms with van der Waals surface area (Å²) in [6.45, 7) is 12.0. The number of carbonyl (C=O) groups excluding carboxylic acids is 2. The molecule has 2 fully saturated rings. The van der Waals surface area contributed by atoms with Gasteiger partial charge in [0.15, 0.2) is 0 Å². The number of anilines is 1. The van der Waals surface area contributed by atoms with Crippen LogP contribution in [0.25, 0.3) is 0 Å². The van der Waals surface area contributed by atoms with Gasteiger partial charge in [0.25, 0.3) is 0 Å². The summed E-state index contributed by atoms with van der Waals surface area (Å²) in [6, 6.07) is 6.20. The third-order valence-corrected chi connectivity index (χ3v) is 9.29. The normalized spacial score (nSPS) is 21.3. The van der Waals surface area contributed by atoms with E-state index in [1.165, 1.54) is 42.5 Å². The van der Waals surface area contributed by atoms with Gasteiger partial charge in [0.1, 0.15) is 0 Å². The van der Waals surface area contributed by atoms with Crippen LogP contribution in [0.1, 0.15) is 72.6 Å². The van der Waals surface area contributed by atoms with E-state index in [-0.39, 0.29) is 35.8 Å². The van der Waals surface area contributed by atoms with Gasteiger partial charge in [0.2, 0.25) is 21.8 Å². The number of rotatable bonds is 8.